The van der Waals surface area contributed by atoms with Crippen LogP contribution in [-0.2, 0) is 19.1 Å². The molecule has 13 nitrogen and oxygen atoms in total. The molecule has 3 aliphatic rings. The number of hydrogen-bond donors (Lipinski definition) is 3. The van der Waals surface area contributed by atoms with Crippen LogP contribution < -0.4 is 5.32 Å². The van der Waals surface area contributed by atoms with E-state index in [-0.39, 0.29) is 35.9 Å². The maximum atomic E-state index is 14.0. The van der Waals surface area contributed by atoms with Crippen LogP contribution >= 0.6 is 0 Å². The molecule has 0 saturated carbocycles. The van der Waals surface area contributed by atoms with Crippen molar-refractivity contribution in [2.24, 2.45) is 5.92 Å². The standard InChI is InChI=1S/C49H54N8O5/c1-55(2)44(34-9-5-4-6-10-34)48(59)57-24-8-12-42(57)46-51-30-40(53-46)38-20-19-36-27-35(17-18-37(36)28-38)31-13-15-32(16-14-31)39-29-50-45(52-39)41-11-7-23-56(41)47(58)43(54-49(60)61-3)33-21-25-62-26-22-33/h4-6,9-10,13-20,27-30,33,41-44H,7-8,11-12,21-26H2,1-3H3,(H,50,52)(H,51,53)(H,54,60). The summed E-state index contributed by atoms with van der Waals surface area (Å²) >= 11 is 0. The largest absolute Gasteiger partial charge is 0.453 e. The maximum Gasteiger partial charge on any atom is 0.407 e. The second kappa shape index (κ2) is 18.0. The Bertz CT molecular complexity index is 2530. The molecule has 3 saturated heterocycles. The summed E-state index contributed by atoms with van der Waals surface area (Å²) in [5.41, 5.74) is 7.05. The number of imidazole rings is 2. The third-order valence-electron chi connectivity index (χ3n) is 12.9. The zero-order valence-electron chi connectivity index (χ0n) is 35.6. The van der Waals surface area contributed by atoms with E-state index >= 15 is 0 Å². The lowest BCUT2D eigenvalue weighted by atomic mass is 9.90. The van der Waals surface area contributed by atoms with E-state index in [1.807, 2.05) is 71.5 Å². The van der Waals surface area contributed by atoms with E-state index in [0.717, 1.165) is 87.3 Å². The third kappa shape index (κ3) is 8.34. The number of carbonyl (C=O) groups excluding carboxylic acids is 3. The molecule has 0 spiro atoms. The number of alkyl carbamates (subject to hydrolysis) is 1. The summed E-state index contributed by atoms with van der Waals surface area (Å²) in [6, 6.07) is 30.1. The van der Waals surface area contributed by atoms with Crippen LogP contribution in [0.15, 0.2) is 103 Å². The average Bonchev–Trinajstić information content (AvgIpc) is 4.16. The van der Waals surface area contributed by atoms with Crippen molar-refractivity contribution in [2.75, 3.05) is 47.5 Å². The SMILES string of the molecule is COC(=O)NC(C(=O)N1CCCC1c1ncc(-c2ccc(-c3ccc4cc(-c5cnc(C6CCCN6C(=O)C(c6ccccc6)N(C)C)[nH]5)ccc4c3)cc2)[nH]1)C1CCOCC1. The quantitative estimate of drug-likeness (QED) is 0.119. The Morgan fingerprint density at radius 3 is 1.87 bits per heavy atom. The number of carbonyl (C=O) groups is 3. The summed E-state index contributed by atoms with van der Waals surface area (Å²) in [5.74, 6) is 1.54. The number of nitrogens with one attached hydrogen (secondary N) is 3. The number of methoxy groups -OCH3 is 1. The highest BCUT2D eigenvalue weighted by Gasteiger charge is 2.40. The van der Waals surface area contributed by atoms with Gasteiger partial charge in [-0.05, 0) is 104 Å². The van der Waals surface area contributed by atoms with Crippen molar-refractivity contribution in [3.63, 3.8) is 0 Å². The van der Waals surface area contributed by atoms with E-state index in [0.29, 0.717) is 39.1 Å². The number of nitrogens with zero attached hydrogens (tertiary/aromatic N) is 5. The molecule has 0 bridgehead atoms. The van der Waals surface area contributed by atoms with Crippen LogP contribution in [0.5, 0.6) is 0 Å². The molecule has 0 radical (unpaired) electrons. The van der Waals surface area contributed by atoms with Gasteiger partial charge in [-0.2, -0.15) is 0 Å². The van der Waals surface area contributed by atoms with Crippen LogP contribution in [0.4, 0.5) is 4.79 Å². The zero-order valence-corrected chi connectivity index (χ0v) is 35.6. The van der Waals surface area contributed by atoms with Crippen molar-refractivity contribution in [3.8, 4) is 33.6 Å². The number of aromatic amines is 2. The summed E-state index contributed by atoms with van der Waals surface area (Å²) in [6.07, 6.45) is 7.97. The Morgan fingerprint density at radius 1 is 0.710 bits per heavy atom. The number of benzene rings is 4. The molecule has 3 fully saturated rings. The van der Waals surface area contributed by atoms with Crippen molar-refractivity contribution >= 4 is 28.7 Å². The molecular weight excluding hydrogens is 781 g/mol. The minimum Gasteiger partial charge on any atom is -0.453 e. The minimum atomic E-state index is -0.675. The molecular formula is C49H54N8O5. The number of fused-ring (bicyclic) bond motifs is 1. The van der Waals surface area contributed by atoms with Gasteiger partial charge in [-0.3, -0.25) is 14.5 Å². The van der Waals surface area contributed by atoms with Crippen LogP contribution in [0, 0.1) is 5.92 Å². The van der Waals surface area contributed by atoms with E-state index in [4.69, 9.17) is 19.4 Å². The predicted molar refractivity (Wildman–Crippen MR) is 238 cm³/mol. The van der Waals surface area contributed by atoms with Crippen LogP contribution in [0.1, 0.15) is 73.9 Å². The molecule has 0 aliphatic carbocycles. The fraction of sp³-hybridized carbons (Fsp3) is 0.367. The lowest BCUT2D eigenvalue weighted by Crippen LogP contribution is -2.53. The number of likely N-dealkylation sites (tertiary alicyclic amines) is 2. The molecule has 9 rings (SSSR count). The highest BCUT2D eigenvalue weighted by Crippen LogP contribution is 2.37. The normalized spacial score (nSPS) is 19.2. The lowest BCUT2D eigenvalue weighted by molar-refractivity contribution is -0.138. The van der Waals surface area contributed by atoms with Gasteiger partial charge in [-0.1, -0.05) is 78.9 Å². The van der Waals surface area contributed by atoms with E-state index in [1.54, 1.807) is 0 Å². The molecule has 6 aromatic rings. The van der Waals surface area contributed by atoms with Gasteiger partial charge < -0.3 is 34.6 Å². The Balaban J connectivity index is 0.870. The van der Waals surface area contributed by atoms with Gasteiger partial charge in [0.25, 0.3) is 0 Å². The molecule has 3 amide bonds. The molecule has 13 heteroatoms. The first-order valence-corrected chi connectivity index (χ1v) is 21.7. The Kier molecular flexibility index (Phi) is 11.9. The number of ether oxygens (including phenoxy) is 2. The average molecular weight is 835 g/mol. The van der Waals surface area contributed by atoms with Gasteiger partial charge in [0.1, 0.15) is 23.7 Å². The first-order chi connectivity index (χ1) is 30.2. The van der Waals surface area contributed by atoms with Gasteiger partial charge >= 0.3 is 6.09 Å². The molecule has 4 aromatic carbocycles. The monoisotopic (exact) mass is 834 g/mol. The summed E-state index contributed by atoms with van der Waals surface area (Å²) in [6.45, 7) is 2.44. The van der Waals surface area contributed by atoms with Gasteiger partial charge in [-0.15, -0.1) is 0 Å². The van der Waals surface area contributed by atoms with Crippen LogP contribution in [0.2, 0.25) is 0 Å². The van der Waals surface area contributed by atoms with E-state index < -0.39 is 12.1 Å². The van der Waals surface area contributed by atoms with Gasteiger partial charge in [0, 0.05) is 31.9 Å². The van der Waals surface area contributed by atoms with Crippen molar-refractivity contribution in [1.29, 1.82) is 0 Å². The smallest absolute Gasteiger partial charge is 0.407 e. The van der Waals surface area contributed by atoms with Gasteiger partial charge in [0.05, 0.1) is 43.0 Å². The van der Waals surface area contributed by atoms with E-state index in [2.05, 4.69) is 75.9 Å². The number of rotatable bonds is 11. The topological polar surface area (TPSA) is 149 Å². The van der Waals surface area contributed by atoms with E-state index in [9.17, 15) is 14.4 Å². The fourth-order valence-electron chi connectivity index (χ4n) is 9.62. The Morgan fingerprint density at radius 2 is 1.26 bits per heavy atom. The number of amides is 3. The maximum absolute atomic E-state index is 14.0. The predicted octanol–water partition coefficient (Wildman–Crippen LogP) is 8.07. The second-order valence-corrected chi connectivity index (χ2v) is 16.9. The summed E-state index contributed by atoms with van der Waals surface area (Å²) < 4.78 is 10.4. The zero-order chi connectivity index (χ0) is 42.7. The number of hydrogen-bond acceptors (Lipinski definition) is 8. The minimum absolute atomic E-state index is 0.0193. The first kappa shape index (κ1) is 41.1. The molecule has 4 atom stereocenters. The van der Waals surface area contributed by atoms with Gasteiger partial charge in [0.15, 0.2) is 0 Å². The highest BCUT2D eigenvalue weighted by molar-refractivity contribution is 5.91. The molecule has 3 aliphatic heterocycles. The summed E-state index contributed by atoms with van der Waals surface area (Å²) in [7, 11) is 5.23. The summed E-state index contributed by atoms with van der Waals surface area (Å²) in [5, 5.41) is 5.08. The van der Waals surface area contributed by atoms with Crippen LogP contribution in [0.25, 0.3) is 44.4 Å². The van der Waals surface area contributed by atoms with Crippen molar-refractivity contribution in [3.05, 3.63) is 121 Å². The van der Waals surface area contributed by atoms with Gasteiger partial charge in [-0.25, -0.2) is 14.8 Å². The second-order valence-electron chi connectivity index (χ2n) is 16.9. The molecule has 2 aromatic heterocycles. The molecule has 320 valence electrons. The molecule has 62 heavy (non-hydrogen) atoms. The first-order valence-electron chi connectivity index (χ1n) is 21.7. The number of likely N-dealkylation sites (N-methyl/N-ethyl adjacent to an activating group) is 1. The molecule has 5 heterocycles. The molecule has 3 N–H and O–H groups in total. The number of aromatic nitrogens is 4. The van der Waals surface area contributed by atoms with Crippen LogP contribution in [0.3, 0.4) is 0 Å². The third-order valence-corrected chi connectivity index (χ3v) is 12.9. The van der Waals surface area contributed by atoms with Crippen molar-refractivity contribution in [1.82, 2.24) is 40.0 Å². The molecule has 4 unspecified atom stereocenters. The highest BCUT2D eigenvalue weighted by atomic mass is 16.5. The van der Waals surface area contributed by atoms with Crippen LogP contribution in [-0.4, -0.2) is 106 Å². The van der Waals surface area contributed by atoms with Crippen molar-refractivity contribution in [2.45, 2.75) is 62.7 Å². The Hall–Kier alpha value is -6.31. The number of H-pyrrole nitrogens is 2. The fourth-order valence-corrected chi connectivity index (χ4v) is 9.62. The Labute approximate surface area is 361 Å². The van der Waals surface area contributed by atoms with Crippen molar-refractivity contribution < 1.29 is 23.9 Å². The van der Waals surface area contributed by atoms with E-state index in [1.165, 1.54) is 7.11 Å². The van der Waals surface area contributed by atoms with Gasteiger partial charge in [0.2, 0.25) is 11.8 Å². The summed E-state index contributed by atoms with van der Waals surface area (Å²) in [4.78, 5) is 62.7. The lowest BCUT2D eigenvalue weighted by Gasteiger charge is -2.34.